The van der Waals surface area contributed by atoms with E-state index in [1.807, 2.05) is 30.3 Å². The molecule has 2 unspecified atom stereocenters. The first-order valence-electron chi connectivity index (χ1n) is 6.57. The minimum Gasteiger partial charge on any atom is -0.477 e. The van der Waals surface area contributed by atoms with Crippen molar-refractivity contribution in [2.24, 2.45) is 0 Å². The molecule has 0 aromatic heterocycles. The number of nitrogens with zero attached hydrogens (tertiary/aromatic N) is 2. The number of ether oxygens (including phenoxy) is 2. The van der Waals surface area contributed by atoms with Crippen molar-refractivity contribution in [1.82, 2.24) is 4.90 Å². The van der Waals surface area contributed by atoms with E-state index in [1.165, 1.54) is 0 Å². The fraction of sp³-hybridized carbons (Fsp3) is 0.429. The zero-order chi connectivity index (χ0) is 13.9. The zero-order valence-electron chi connectivity index (χ0n) is 10.9. The van der Waals surface area contributed by atoms with Gasteiger partial charge in [-0.25, -0.2) is 0 Å². The Kier molecular flexibility index (Phi) is 3.44. The van der Waals surface area contributed by atoms with Crippen LogP contribution >= 0.6 is 0 Å². The van der Waals surface area contributed by atoms with Gasteiger partial charge in [-0.15, -0.1) is 0 Å². The lowest BCUT2D eigenvalue weighted by Crippen LogP contribution is -2.52. The zero-order valence-corrected chi connectivity index (χ0v) is 10.9. The molecule has 1 fully saturated rings. The van der Waals surface area contributed by atoms with E-state index in [0.29, 0.717) is 32.0 Å². The van der Waals surface area contributed by atoms with E-state index in [2.05, 4.69) is 5.32 Å². The SMILES string of the molecule is N#CC1CN(C(=O)C2CNc3ccccc3O2)CCO1. The van der Waals surface area contributed by atoms with Gasteiger partial charge in [-0.05, 0) is 12.1 Å². The standard InChI is InChI=1S/C14H15N3O3/c15-7-10-9-17(5-6-19-10)14(18)13-8-16-11-3-1-2-4-12(11)20-13/h1-4,10,13,16H,5-6,8-9H2. The van der Waals surface area contributed by atoms with Gasteiger partial charge < -0.3 is 19.7 Å². The summed E-state index contributed by atoms with van der Waals surface area (Å²) in [7, 11) is 0. The van der Waals surface area contributed by atoms with Crippen molar-refractivity contribution in [3.8, 4) is 11.8 Å². The number of rotatable bonds is 1. The van der Waals surface area contributed by atoms with E-state index in [4.69, 9.17) is 14.7 Å². The molecule has 6 heteroatoms. The van der Waals surface area contributed by atoms with Gasteiger partial charge in [0.2, 0.25) is 0 Å². The molecule has 0 saturated carbocycles. The average molecular weight is 273 g/mol. The summed E-state index contributed by atoms with van der Waals surface area (Å²) in [5.74, 6) is 0.581. The van der Waals surface area contributed by atoms with Crippen molar-refractivity contribution in [2.45, 2.75) is 12.2 Å². The number of para-hydroxylation sites is 2. The summed E-state index contributed by atoms with van der Waals surface area (Å²) in [4.78, 5) is 14.1. The molecular weight excluding hydrogens is 258 g/mol. The summed E-state index contributed by atoms with van der Waals surface area (Å²) >= 11 is 0. The number of carbonyl (C=O) groups excluding carboxylic acids is 1. The monoisotopic (exact) mass is 273 g/mol. The predicted octanol–water partition coefficient (Wildman–Crippen LogP) is 0.610. The number of amides is 1. The maximum absolute atomic E-state index is 12.4. The Balaban J connectivity index is 1.68. The number of benzene rings is 1. The molecule has 0 bridgehead atoms. The molecule has 1 N–H and O–H groups in total. The highest BCUT2D eigenvalue weighted by molar-refractivity contribution is 5.83. The Morgan fingerprint density at radius 1 is 1.45 bits per heavy atom. The van der Waals surface area contributed by atoms with Crippen LogP contribution in [0.3, 0.4) is 0 Å². The number of hydrogen-bond acceptors (Lipinski definition) is 5. The Morgan fingerprint density at radius 2 is 2.30 bits per heavy atom. The highest BCUT2D eigenvalue weighted by Gasteiger charge is 2.32. The molecule has 20 heavy (non-hydrogen) atoms. The first-order chi connectivity index (χ1) is 9.78. The molecule has 3 rings (SSSR count). The summed E-state index contributed by atoms with van der Waals surface area (Å²) in [6, 6.07) is 9.56. The van der Waals surface area contributed by atoms with Crippen molar-refractivity contribution < 1.29 is 14.3 Å². The molecule has 2 heterocycles. The van der Waals surface area contributed by atoms with E-state index in [9.17, 15) is 4.79 Å². The molecule has 104 valence electrons. The van der Waals surface area contributed by atoms with Gasteiger partial charge in [0.25, 0.3) is 5.91 Å². The lowest BCUT2D eigenvalue weighted by Gasteiger charge is -2.34. The van der Waals surface area contributed by atoms with Crippen molar-refractivity contribution in [3.05, 3.63) is 24.3 Å². The van der Waals surface area contributed by atoms with Crippen LogP contribution in [0, 0.1) is 11.3 Å². The highest BCUT2D eigenvalue weighted by Crippen LogP contribution is 2.28. The molecular formula is C14H15N3O3. The fourth-order valence-electron chi connectivity index (χ4n) is 2.38. The largest absolute Gasteiger partial charge is 0.477 e. The number of anilines is 1. The molecule has 1 aromatic carbocycles. The molecule has 1 amide bonds. The van der Waals surface area contributed by atoms with Crippen LogP contribution < -0.4 is 10.1 Å². The van der Waals surface area contributed by atoms with Crippen LogP contribution in [0.15, 0.2) is 24.3 Å². The van der Waals surface area contributed by atoms with Crippen molar-refractivity contribution in [1.29, 1.82) is 5.26 Å². The minimum atomic E-state index is -0.553. The van der Waals surface area contributed by atoms with Gasteiger partial charge in [-0.3, -0.25) is 4.79 Å². The van der Waals surface area contributed by atoms with Crippen molar-refractivity contribution in [3.63, 3.8) is 0 Å². The van der Waals surface area contributed by atoms with Crippen LogP contribution in [0.4, 0.5) is 5.69 Å². The summed E-state index contributed by atoms with van der Waals surface area (Å²) in [6.07, 6.45) is -1.10. The Bertz CT molecular complexity index is 555. The normalized spacial score (nSPS) is 24.9. The third-order valence-electron chi connectivity index (χ3n) is 3.43. The number of carbonyl (C=O) groups is 1. The lowest BCUT2D eigenvalue weighted by atomic mass is 10.2. The van der Waals surface area contributed by atoms with Crippen LogP contribution in [0.5, 0.6) is 5.75 Å². The third-order valence-corrected chi connectivity index (χ3v) is 3.43. The van der Waals surface area contributed by atoms with Gasteiger partial charge in [0.05, 0.1) is 31.5 Å². The molecule has 0 radical (unpaired) electrons. The van der Waals surface area contributed by atoms with E-state index in [1.54, 1.807) is 4.90 Å². The molecule has 2 aliphatic heterocycles. The van der Waals surface area contributed by atoms with E-state index < -0.39 is 12.2 Å². The maximum atomic E-state index is 12.4. The summed E-state index contributed by atoms with van der Waals surface area (Å²) in [5.41, 5.74) is 0.897. The van der Waals surface area contributed by atoms with Crippen LogP contribution in [-0.2, 0) is 9.53 Å². The van der Waals surface area contributed by atoms with Crippen molar-refractivity contribution in [2.75, 3.05) is 31.6 Å². The summed E-state index contributed by atoms with van der Waals surface area (Å²) < 4.78 is 11.0. The number of morpholine rings is 1. The highest BCUT2D eigenvalue weighted by atomic mass is 16.5. The second-order valence-electron chi connectivity index (χ2n) is 4.76. The van der Waals surface area contributed by atoms with Gasteiger partial charge >= 0.3 is 0 Å². The summed E-state index contributed by atoms with van der Waals surface area (Å²) in [5, 5.41) is 12.1. The Morgan fingerprint density at radius 3 is 3.15 bits per heavy atom. The van der Waals surface area contributed by atoms with Gasteiger partial charge in [0.1, 0.15) is 5.75 Å². The molecule has 0 spiro atoms. The first kappa shape index (κ1) is 12.8. The third kappa shape index (κ3) is 2.40. The van der Waals surface area contributed by atoms with Crippen LogP contribution in [0.1, 0.15) is 0 Å². The maximum Gasteiger partial charge on any atom is 0.265 e. The number of nitrogens with one attached hydrogen (secondary N) is 1. The van der Waals surface area contributed by atoms with Gasteiger partial charge in [-0.1, -0.05) is 12.1 Å². The van der Waals surface area contributed by atoms with Gasteiger partial charge in [0.15, 0.2) is 12.2 Å². The topological polar surface area (TPSA) is 74.6 Å². The number of nitriles is 1. The Labute approximate surface area is 116 Å². The smallest absolute Gasteiger partial charge is 0.265 e. The van der Waals surface area contributed by atoms with Crippen LogP contribution in [0.25, 0.3) is 0 Å². The fourth-order valence-corrected chi connectivity index (χ4v) is 2.38. The first-order valence-corrected chi connectivity index (χ1v) is 6.57. The van der Waals surface area contributed by atoms with Gasteiger partial charge in [0, 0.05) is 6.54 Å². The van der Waals surface area contributed by atoms with E-state index in [0.717, 1.165) is 5.69 Å². The van der Waals surface area contributed by atoms with E-state index >= 15 is 0 Å². The predicted molar refractivity (Wildman–Crippen MR) is 71.3 cm³/mol. The average Bonchev–Trinajstić information content (AvgIpc) is 2.53. The van der Waals surface area contributed by atoms with E-state index in [-0.39, 0.29) is 5.91 Å². The summed E-state index contributed by atoms with van der Waals surface area (Å²) in [6.45, 7) is 1.63. The van der Waals surface area contributed by atoms with Gasteiger partial charge in [-0.2, -0.15) is 5.26 Å². The second kappa shape index (κ2) is 5.39. The Hall–Kier alpha value is -2.26. The van der Waals surface area contributed by atoms with Crippen molar-refractivity contribution >= 4 is 11.6 Å². The molecule has 1 saturated heterocycles. The van der Waals surface area contributed by atoms with Crippen LogP contribution in [0.2, 0.25) is 0 Å². The molecule has 0 aliphatic carbocycles. The number of hydrogen-bond donors (Lipinski definition) is 1. The van der Waals surface area contributed by atoms with Crippen LogP contribution in [-0.4, -0.2) is 49.3 Å². The molecule has 1 aromatic rings. The molecule has 2 aliphatic rings. The lowest BCUT2D eigenvalue weighted by molar-refractivity contribution is -0.144. The molecule has 2 atom stereocenters. The minimum absolute atomic E-state index is 0.101. The second-order valence-corrected chi connectivity index (χ2v) is 4.76. The number of fused-ring (bicyclic) bond motifs is 1. The molecule has 6 nitrogen and oxygen atoms in total. The quantitative estimate of drug-likeness (QED) is 0.811.